The van der Waals surface area contributed by atoms with Gasteiger partial charge in [0, 0.05) is 5.54 Å². The van der Waals surface area contributed by atoms with Crippen molar-refractivity contribution in [3.05, 3.63) is 29.6 Å². The average molecular weight is 262 g/mol. The molecule has 0 radical (unpaired) electrons. The zero-order valence-electron chi connectivity index (χ0n) is 11.0. The summed E-state index contributed by atoms with van der Waals surface area (Å²) in [6, 6.07) is 7.83. The van der Waals surface area contributed by atoms with Gasteiger partial charge < -0.3 is 4.57 Å². The van der Waals surface area contributed by atoms with Gasteiger partial charge in [0.2, 0.25) is 0 Å². The molecule has 1 unspecified atom stereocenters. The summed E-state index contributed by atoms with van der Waals surface area (Å²) in [5.41, 5.74) is 2.16. The summed E-state index contributed by atoms with van der Waals surface area (Å²) >= 11 is 6.22. The predicted octanol–water partition coefficient (Wildman–Crippen LogP) is 3.96. The lowest BCUT2D eigenvalue weighted by Crippen LogP contribution is -2.24. The molecule has 0 bridgehead atoms. The molecule has 1 aromatic carbocycles. The Hall–Kier alpha value is -1.53. The number of benzene rings is 1. The zero-order valence-corrected chi connectivity index (χ0v) is 11.8. The van der Waals surface area contributed by atoms with E-state index >= 15 is 0 Å². The van der Waals surface area contributed by atoms with Crippen LogP contribution < -0.4 is 0 Å². The Morgan fingerprint density at radius 2 is 2.06 bits per heavy atom. The number of halogens is 1. The molecule has 94 valence electrons. The van der Waals surface area contributed by atoms with Crippen LogP contribution >= 0.6 is 11.6 Å². The number of fused-ring (bicyclic) bond motifs is 1. The third-order valence-corrected chi connectivity index (χ3v) is 3.05. The first kappa shape index (κ1) is 12.9. The SMILES string of the molecule is CC(Cl)c1nc2c(C#N)cccc2n1C(C)(C)C. The second-order valence-corrected chi connectivity index (χ2v) is 6.03. The highest BCUT2D eigenvalue weighted by Crippen LogP contribution is 2.31. The summed E-state index contributed by atoms with van der Waals surface area (Å²) in [6.45, 7) is 8.22. The Morgan fingerprint density at radius 3 is 2.56 bits per heavy atom. The standard InChI is InChI=1S/C14H16ClN3/c1-9(15)13-17-12-10(8-16)6-5-7-11(12)18(13)14(2,3)4/h5-7,9H,1-4H3. The maximum Gasteiger partial charge on any atom is 0.128 e. The van der Waals surface area contributed by atoms with Crippen LogP contribution in [-0.2, 0) is 5.54 Å². The summed E-state index contributed by atoms with van der Waals surface area (Å²) in [6.07, 6.45) is 0. The molecule has 1 heterocycles. The summed E-state index contributed by atoms with van der Waals surface area (Å²) < 4.78 is 2.11. The first-order valence-corrected chi connectivity index (χ1v) is 6.36. The number of nitrogens with zero attached hydrogens (tertiary/aromatic N) is 3. The number of para-hydroxylation sites is 1. The van der Waals surface area contributed by atoms with Crippen molar-refractivity contribution in [1.29, 1.82) is 5.26 Å². The number of imidazole rings is 1. The highest BCUT2D eigenvalue weighted by Gasteiger charge is 2.24. The van der Waals surface area contributed by atoms with E-state index < -0.39 is 0 Å². The number of rotatable bonds is 1. The van der Waals surface area contributed by atoms with Crippen LogP contribution in [-0.4, -0.2) is 9.55 Å². The summed E-state index contributed by atoms with van der Waals surface area (Å²) in [5, 5.41) is 8.95. The lowest BCUT2D eigenvalue weighted by molar-refractivity contribution is 0.394. The minimum atomic E-state index is -0.192. The van der Waals surface area contributed by atoms with Crippen LogP contribution in [0.2, 0.25) is 0 Å². The molecule has 1 aromatic heterocycles. The monoisotopic (exact) mass is 261 g/mol. The average Bonchev–Trinajstić information content (AvgIpc) is 2.67. The fourth-order valence-electron chi connectivity index (χ4n) is 2.18. The second kappa shape index (κ2) is 4.29. The molecule has 0 aliphatic heterocycles. The largest absolute Gasteiger partial charge is 0.321 e. The predicted molar refractivity (Wildman–Crippen MR) is 73.7 cm³/mol. The lowest BCUT2D eigenvalue weighted by atomic mass is 10.1. The third kappa shape index (κ3) is 1.97. The Morgan fingerprint density at radius 1 is 1.39 bits per heavy atom. The molecule has 18 heavy (non-hydrogen) atoms. The van der Waals surface area contributed by atoms with Crippen molar-refractivity contribution in [3.63, 3.8) is 0 Å². The summed E-state index contributed by atoms with van der Waals surface area (Å²) in [7, 11) is 0. The summed E-state index contributed by atoms with van der Waals surface area (Å²) in [5.74, 6) is 0.807. The van der Waals surface area contributed by atoms with Gasteiger partial charge >= 0.3 is 0 Å². The highest BCUT2D eigenvalue weighted by atomic mass is 35.5. The Bertz CT molecular complexity index is 627. The molecule has 1 atom stereocenters. The van der Waals surface area contributed by atoms with Gasteiger partial charge in [-0.2, -0.15) is 5.26 Å². The van der Waals surface area contributed by atoms with Crippen molar-refractivity contribution in [2.24, 2.45) is 0 Å². The minimum Gasteiger partial charge on any atom is -0.321 e. The number of alkyl halides is 1. The first-order chi connectivity index (χ1) is 8.36. The van der Waals surface area contributed by atoms with Gasteiger partial charge in [-0.15, -0.1) is 11.6 Å². The first-order valence-electron chi connectivity index (χ1n) is 5.92. The Balaban J connectivity index is 2.90. The van der Waals surface area contributed by atoms with E-state index in [9.17, 15) is 0 Å². The number of aromatic nitrogens is 2. The van der Waals surface area contributed by atoms with Gasteiger partial charge in [0.15, 0.2) is 0 Å². The molecule has 0 N–H and O–H groups in total. The maximum absolute atomic E-state index is 9.14. The molecule has 0 fully saturated rings. The van der Waals surface area contributed by atoms with E-state index in [1.54, 1.807) is 6.07 Å². The molecule has 0 saturated heterocycles. The van der Waals surface area contributed by atoms with Gasteiger partial charge in [-0.3, -0.25) is 0 Å². The molecule has 0 aliphatic rings. The van der Waals surface area contributed by atoms with E-state index in [2.05, 4.69) is 36.4 Å². The van der Waals surface area contributed by atoms with Crippen LogP contribution in [0.3, 0.4) is 0 Å². The molecule has 0 saturated carbocycles. The Kier molecular flexibility index (Phi) is 3.08. The number of hydrogen-bond donors (Lipinski definition) is 0. The lowest BCUT2D eigenvalue weighted by Gasteiger charge is -2.25. The molecule has 4 heteroatoms. The van der Waals surface area contributed by atoms with Gasteiger partial charge in [0.1, 0.15) is 17.4 Å². The van der Waals surface area contributed by atoms with Crippen molar-refractivity contribution in [2.75, 3.05) is 0 Å². The fraction of sp³-hybridized carbons (Fsp3) is 0.429. The maximum atomic E-state index is 9.14. The van der Waals surface area contributed by atoms with Gasteiger partial charge in [-0.25, -0.2) is 4.98 Å². The van der Waals surface area contributed by atoms with Crippen LogP contribution in [0.25, 0.3) is 11.0 Å². The van der Waals surface area contributed by atoms with Gasteiger partial charge in [0.05, 0.1) is 16.5 Å². The number of nitriles is 1. The van der Waals surface area contributed by atoms with E-state index in [1.807, 2.05) is 19.1 Å². The minimum absolute atomic E-state index is 0.124. The van der Waals surface area contributed by atoms with Gasteiger partial charge in [0.25, 0.3) is 0 Å². The van der Waals surface area contributed by atoms with Gasteiger partial charge in [-0.05, 0) is 39.8 Å². The quantitative estimate of drug-likeness (QED) is 0.729. The molecule has 0 spiro atoms. The smallest absolute Gasteiger partial charge is 0.128 e. The fourth-order valence-corrected chi connectivity index (χ4v) is 2.33. The molecule has 2 aromatic rings. The van der Waals surface area contributed by atoms with Crippen molar-refractivity contribution >= 4 is 22.6 Å². The zero-order chi connectivity index (χ0) is 13.5. The van der Waals surface area contributed by atoms with E-state index in [0.717, 1.165) is 16.9 Å². The van der Waals surface area contributed by atoms with E-state index in [-0.39, 0.29) is 10.9 Å². The van der Waals surface area contributed by atoms with Crippen molar-refractivity contribution in [1.82, 2.24) is 9.55 Å². The molecule has 0 amide bonds. The second-order valence-electron chi connectivity index (χ2n) is 5.38. The molecule has 2 rings (SSSR count). The van der Waals surface area contributed by atoms with Crippen molar-refractivity contribution in [2.45, 2.75) is 38.6 Å². The van der Waals surface area contributed by atoms with Crippen molar-refractivity contribution in [3.8, 4) is 6.07 Å². The molecular formula is C14H16ClN3. The van der Waals surface area contributed by atoms with E-state index in [1.165, 1.54) is 0 Å². The topological polar surface area (TPSA) is 41.6 Å². The highest BCUT2D eigenvalue weighted by molar-refractivity contribution is 6.20. The number of hydrogen-bond acceptors (Lipinski definition) is 2. The Labute approximate surface area is 112 Å². The molecule has 3 nitrogen and oxygen atoms in total. The van der Waals surface area contributed by atoms with E-state index in [0.29, 0.717) is 5.56 Å². The summed E-state index contributed by atoms with van der Waals surface area (Å²) in [4.78, 5) is 4.56. The molecule has 0 aliphatic carbocycles. The normalized spacial score (nSPS) is 13.6. The van der Waals surface area contributed by atoms with Crippen LogP contribution in [0.1, 0.15) is 44.5 Å². The third-order valence-electron chi connectivity index (χ3n) is 2.86. The van der Waals surface area contributed by atoms with E-state index in [4.69, 9.17) is 16.9 Å². The van der Waals surface area contributed by atoms with Crippen LogP contribution in [0.4, 0.5) is 0 Å². The molecular weight excluding hydrogens is 246 g/mol. The van der Waals surface area contributed by atoms with Crippen LogP contribution in [0, 0.1) is 11.3 Å². The van der Waals surface area contributed by atoms with Gasteiger partial charge in [-0.1, -0.05) is 6.07 Å². The van der Waals surface area contributed by atoms with Crippen LogP contribution in [0.15, 0.2) is 18.2 Å². The van der Waals surface area contributed by atoms with Crippen molar-refractivity contribution < 1.29 is 0 Å². The van der Waals surface area contributed by atoms with Crippen LogP contribution in [0.5, 0.6) is 0 Å².